The zero-order valence-corrected chi connectivity index (χ0v) is 27.3. The number of H-pyrrole nitrogens is 1. The smallest absolute Gasteiger partial charge is 0.330 e. The van der Waals surface area contributed by atoms with Gasteiger partial charge in [0.05, 0.1) is 36.3 Å². The molecule has 3 N–H and O–H groups in total. The number of esters is 1. The van der Waals surface area contributed by atoms with Gasteiger partial charge in [-0.3, -0.25) is 9.59 Å². The Morgan fingerprint density at radius 2 is 1.79 bits per heavy atom. The number of carbonyl (C=O) groups is 3. The highest BCUT2D eigenvalue weighted by molar-refractivity contribution is 5.99. The molecule has 0 radical (unpaired) electrons. The number of rotatable bonds is 6. The normalized spacial score (nSPS) is 21.8. The Kier molecular flexibility index (Phi) is 7.77. The third kappa shape index (κ3) is 5.35. The van der Waals surface area contributed by atoms with E-state index in [2.05, 4.69) is 38.7 Å². The Labute approximate surface area is 280 Å². The quantitative estimate of drug-likeness (QED) is 0.152. The van der Waals surface area contributed by atoms with Crippen LogP contribution in [0.1, 0.15) is 103 Å². The van der Waals surface area contributed by atoms with E-state index in [9.17, 15) is 14.4 Å². The lowest BCUT2D eigenvalue weighted by Crippen LogP contribution is -2.44. The van der Waals surface area contributed by atoms with Gasteiger partial charge in [-0.05, 0) is 84.7 Å². The summed E-state index contributed by atoms with van der Waals surface area (Å²) in [6.45, 7) is 0.250. The number of carbonyl (C=O) groups excluding carboxylic acids is 3. The number of nitrogens with one attached hydrogen (secondary N) is 3. The summed E-state index contributed by atoms with van der Waals surface area (Å²) >= 11 is 0. The monoisotopic (exact) mass is 643 g/mol. The van der Waals surface area contributed by atoms with Crippen LogP contribution in [0.2, 0.25) is 0 Å². The lowest BCUT2D eigenvalue weighted by atomic mass is 9.73. The van der Waals surface area contributed by atoms with Gasteiger partial charge in [0.15, 0.2) is 0 Å². The molecular weight excluding hydrogens is 602 g/mol. The first-order chi connectivity index (χ1) is 23.4. The van der Waals surface area contributed by atoms with Gasteiger partial charge in [0.2, 0.25) is 5.91 Å². The number of aromatic amines is 1. The van der Waals surface area contributed by atoms with E-state index in [0.717, 1.165) is 65.0 Å². The van der Waals surface area contributed by atoms with Crippen molar-refractivity contribution in [3.63, 3.8) is 0 Å². The predicted molar refractivity (Wildman–Crippen MR) is 186 cm³/mol. The van der Waals surface area contributed by atoms with Gasteiger partial charge in [-0.2, -0.15) is 0 Å². The minimum atomic E-state index is -0.619. The molecule has 2 unspecified atom stereocenters. The van der Waals surface area contributed by atoms with Crippen LogP contribution in [0.15, 0.2) is 66.7 Å². The zero-order chi connectivity index (χ0) is 32.8. The molecule has 2 saturated carbocycles. The minimum Gasteiger partial charge on any atom is -0.466 e. The van der Waals surface area contributed by atoms with Crippen molar-refractivity contribution in [2.45, 2.75) is 75.3 Å². The Morgan fingerprint density at radius 3 is 2.60 bits per heavy atom. The third-order valence-electron chi connectivity index (χ3n) is 11.0. The van der Waals surface area contributed by atoms with E-state index in [1.165, 1.54) is 50.9 Å². The number of ether oxygens (including phenoxy) is 1. The van der Waals surface area contributed by atoms with Crippen LogP contribution in [0.4, 0.5) is 11.4 Å². The van der Waals surface area contributed by atoms with Gasteiger partial charge in [-0.15, -0.1) is 0 Å². The lowest BCUT2D eigenvalue weighted by molar-refractivity contribution is -0.134. The van der Waals surface area contributed by atoms with Crippen LogP contribution >= 0.6 is 0 Å². The first kappa shape index (κ1) is 30.4. The molecule has 246 valence electrons. The maximum absolute atomic E-state index is 14.2. The number of anilines is 2. The second-order valence-electron chi connectivity index (χ2n) is 13.9. The van der Waals surface area contributed by atoms with Crippen molar-refractivity contribution < 1.29 is 19.1 Å². The molecule has 4 aromatic rings. The molecule has 0 spiro atoms. The van der Waals surface area contributed by atoms with Crippen LogP contribution in [0.25, 0.3) is 17.1 Å². The van der Waals surface area contributed by atoms with Crippen molar-refractivity contribution in [1.82, 2.24) is 15.3 Å². The number of hydrogen-bond acceptors (Lipinski definition) is 6. The van der Waals surface area contributed by atoms with Crippen LogP contribution in [0, 0.1) is 5.92 Å². The molecule has 8 rings (SSSR count). The first-order valence-corrected chi connectivity index (χ1v) is 17.3. The van der Waals surface area contributed by atoms with Gasteiger partial charge < -0.3 is 25.3 Å². The van der Waals surface area contributed by atoms with Crippen molar-refractivity contribution in [3.8, 4) is 0 Å². The summed E-state index contributed by atoms with van der Waals surface area (Å²) in [6.07, 6.45) is 12.8. The minimum absolute atomic E-state index is 0.0335. The number of para-hydroxylation sites is 1. The number of imidazole rings is 1. The fourth-order valence-electron chi connectivity index (χ4n) is 8.77. The van der Waals surface area contributed by atoms with Crippen molar-refractivity contribution in [3.05, 3.63) is 94.8 Å². The molecule has 4 aliphatic rings. The summed E-state index contributed by atoms with van der Waals surface area (Å²) in [7, 11) is 1.35. The van der Waals surface area contributed by atoms with Crippen LogP contribution in [0.3, 0.4) is 0 Å². The van der Waals surface area contributed by atoms with Crippen molar-refractivity contribution >= 4 is 46.3 Å². The highest BCUT2D eigenvalue weighted by Crippen LogP contribution is 2.56. The molecule has 48 heavy (non-hydrogen) atoms. The van der Waals surface area contributed by atoms with Crippen LogP contribution in [-0.2, 0) is 19.9 Å². The van der Waals surface area contributed by atoms with E-state index in [4.69, 9.17) is 9.72 Å². The molecule has 2 aliphatic carbocycles. The van der Waals surface area contributed by atoms with E-state index in [1.54, 1.807) is 6.08 Å². The molecule has 3 heterocycles. The zero-order valence-electron chi connectivity index (χ0n) is 27.3. The van der Waals surface area contributed by atoms with Crippen molar-refractivity contribution in [2.75, 3.05) is 23.9 Å². The maximum Gasteiger partial charge on any atom is 0.330 e. The van der Waals surface area contributed by atoms with Crippen LogP contribution in [-0.4, -0.2) is 41.4 Å². The summed E-state index contributed by atoms with van der Waals surface area (Å²) < 4.78 is 4.72. The van der Waals surface area contributed by atoms with Crippen molar-refractivity contribution in [2.24, 2.45) is 5.92 Å². The van der Waals surface area contributed by atoms with Crippen LogP contribution < -0.4 is 15.5 Å². The van der Waals surface area contributed by atoms with Gasteiger partial charge in [0.1, 0.15) is 5.82 Å². The molecule has 0 saturated heterocycles. The summed E-state index contributed by atoms with van der Waals surface area (Å²) in [5.41, 5.74) is 6.74. The van der Waals surface area contributed by atoms with Gasteiger partial charge in [0, 0.05) is 28.9 Å². The number of amides is 2. The van der Waals surface area contributed by atoms with E-state index < -0.39 is 11.5 Å². The maximum atomic E-state index is 14.2. The van der Waals surface area contributed by atoms with Crippen molar-refractivity contribution in [1.29, 1.82) is 0 Å². The first-order valence-electron chi connectivity index (χ1n) is 17.3. The number of benzene rings is 3. The highest BCUT2D eigenvalue weighted by Gasteiger charge is 2.47. The van der Waals surface area contributed by atoms with E-state index in [0.29, 0.717) is 11.5 Å². The number of methoxy groups -OCH3 is 1. The molecule has 2 fully saturated rings. The molecule has 9 heteroatoms. The average molecular weight is 644 g/mol. The molecular formula is C39H41N5O4. The van der Waals surface area contributed by atoms with Gasteiger partial charge in [-0.1, -0.05) is 62.4 Å². The number of hydrogen-bond donors (Lipinski definition) is 3. The van der Waals surface area contributed by atoms with E-state index >= 15 is 0 Å². The summed E-state index contributed by atoms with van der Waals surface area (Å²) in [5, 5.41) is 6.57. The lowest BCUT2D eigenvalue weighted by Gasteiger charge is -2.35. The molecule has 1 aromatic heterocycles. The largest absolute Gasteiger partial charge is 0.466 e. The standard InChI is InChI=1S/C39H41N5O4/c1-48-34(46)18-14-24-13-17-30-31(21-24)42-38(41-30)39(19-7-8-20-39)43-37(47)26-15-16-28-32(22-26)44-23-33(45)40-29-12-6-5-11-27(29)36(44)35(28)25-9-3-2-4-10-25/h5-6,11-18,21-22,25,35-36H,2-4,7-10,19-20,23H2,1H3,(H,40,45)(H,41,42)(H,43,47)/b18-14+. The summed E-state index contributed by atoms with van der Waals surface area (Å²) in [6, 6.07) is 20.2. The number of fused-ring (bicyclic) bond motifs is 6. The second-order valence-corrected chi connectivity index (χ2v) is 13.9. The molecule has 2 atom stereocenters. The highest BCUT2D eigenvalue weighted by atomic mass is 16.5. The molecule has 0 bridgehead atoms. The number of nitrogens with zero attached hydrogens (tertiary/aromatic N) is 2. The number of aromatic nitrogens is 2. The molecule has 2 aliphatic heterocycles. The summed E-state index contributed by atoms with van der Waals surface area (Å²) in [5.74, 6) is 0.945. The average Bonchev–Trinajstić information content (AvgIpc) is 3.82. The molecule has 3 aromatic carbocycles. The Morgan fingerprint density at radius 1 is 0.979 bits per heavy atom. The topological polar surface area (TPSA) is 116 Å². The third-order valence-corrected chi connectivity index (χ3v) is 11.0. The fraction of sp³-hybridized carbons (Fsp3) is 0.385. The Balaban J connectivity index is 1.12. The summed E-state index contributed by atoms with van der Waals surface area (Å²) in [4.78, 5) is 49.7. The SMILES string of the molecule is COC(=O)/C=C/c1ccc2[nH]c(C3(NC(=O)c4ccc5c(c4)N4CC(=O)Nc6ccccc6C4C5C4CCCCC4)CCCC3)nc2c1. The van der Waals surface area contributed by atoms with Gasteiger partial charge >= 0.3 is 5.97 Å². The van der Waals surface area contributed by atoms with Gasteiger partial charge in [-0.25, -0.2) is 9.78 Å². The molecule has 2 amide bonds. The predicted octanol–water partition coefficient (Wildman–Crippen LogP) is 7.13. The van der Waals surface area contributed by atoms with Crippen LogP contribution in [0.5, 0.6) is 0 Å². The second kappa shape index (κ2) is 12.3. The Hall–Kier alpha value is -4.92. The molecule has 9 nitrogen and oxygen atoms in total. The van der Waals surface area contributed by atoms with E-state index in [-0.39, 0.29) is 30.3 Å². The fourth-order valence-corrected chi connectivity index (χ4v) is 8.77. The Bertz CT molecular complexity index is 1930. The van der Waals surface area contributed by atoms with E-state index in [1.807, 2.05) is 42.5 Å². The van der Waals surface area contributed by atoms with Gasteiger partial charge in [0.25, 0.3) is 5.91 Å².